The summed E-state index contributed by atoms with van der Waals surface area (Å²) in [4.78, 5) is 18.4. The van der Waals surface area contributed by atoms with Gasteiger partial charge in [-0.2, -0.15) is 0 Å². The Kier molecular flexibility index (Phi) is 4.31. The quantitative estimate of drug-likeness (QED) is 0.751. The van der Waals surface area contributed by atoms with Crippen LogP contribution in [0.2, 0.25) is 0 Å². The zero-order valence-corrected chi connectivity index (χ0v) is 14.3. The SMILES string of the molecule is C[C@@H]1C[C@@H]1C(=O)N1CC2(C1)OCC[C@H]2CCOCc1cccnc1. The second kappa shape index (κ2) is 6.45. The second-order valence-electron chi connectivity index (χ2n) is 7.62. The molecule has 1 aliphatic carbocycles. The van der Waals surface area contributed by atoms with Crippen LogP contribution in [0, 0.1) is 17.8 Å². The average molecular weight is 330 g/mol. The fourth-order valence-corrected chi connectivity index (χ4v) is 4.10. The summed E-state index contributed by atoms with van der Waals surface area (Å²) in [7, 11) is 0. The minimum Gasteiger partial charge on any atom is -0.377 e. The van der Waals surface area contributed by atoms with Gasteiger partial charge in [0.25, 0.3) is 0 Å². The Bertz CT molecular complexity index is 586. The van der Waals surface area contributed by atoms with Crippen LogP contribution >= 0.6 is 0 Å². The maximum atomic E-state index is 12.3. The molecular formula is C19H26N2O3. The van der Waals surface area contributed by atoms with E-state index in [0.29, 0.717) is 24.3 Å². The van der Waals surface area contributed by atoms with Gasteiger partial charge >= 0.3 is 0 Å². The number of ether oxygens (including phenoxy) is 2. The molecule has 4 rings (SSSR count). The molecule has 2 saturated heterocycles. The van der Waals surface area contributed by atoms with E-state index < -0.39 is 0 Å². The number of amides is 1. The van der Waals surface area contributed by atoms with E-state index in [4.69, 9.17) is 9.47 Å². The molecule has 0 unspecified atom stereocenters. The molecule has 130 valence electrons. The highest BCUT2D eigenvalue weighted by Crippen LogP contribution is 2.45. The van der Waals surface area contributed by atoms with Crippen LogP contribution in [0.5, 0.6) is 0 Å². The third-order valence-corrected chi connectivity index (χ3v) is 5.86. The van der Waals surface area contributed by atoms with E-state index in [0.717, 1.165) is 51.1 Å². The molecule has 1 spiro atoms. The zero-order chi connectivity index (χ0) is 16.6. The van der Waals surface area contributed by atoms with Crippen molar-refractivity contribution in [3.8, 4) is 0 Å². The van der Waals surface area contributed by atoms with Gasteiger partial charge in [0.15, 0.2) is 0 Å². The van der Waals surface area contributed by atoms with E-state index in [1.165, 1.54) is 0 Å². The molecule has 1 amide bonds. The van der Waals surface area contributed by atoms with Crippen LogP contribution in [0.1, 0.15) is 31.7 Å². The van der Waals surface area contributed by atoms with Gasteiger partial charge in [0.1, 0.15) is 5.60 Å². The first-order valence-electron chi connectivity index (χ1n) is 9.07. The Balaban J connectivity index is 1.22. The number of likely N-dealkylation sites (tertiary alicyclic amines) is 1. The average Bonchev–Trinajstić information content (AvgIpc) is 3.14. The molecule has 24 heavy (non-hydrogen) atoms. The first kappa shape index (κ1) is 16.0. The van der Waals surface area contributed by atoms with Crippen molar-refractivity contribution in [2.24, 2.45) is 17.8 Å². The lowest BCUT2D eigenvalue weighted by Gasteiger charge is -2.50. The topological polar surface area (TPSA) is 51.7 Å². The van der Waals surface area contributed by atoms with Gasteiger partial charge in [0.05, 0.1) is 19.7 Å². The van der Waals surface area contributed by atoms with Crippen LogP contribution in [0.3, 0.4) is 0 Å². The summed E-state index contributed by atoms with van der Waals surface area (Å²) in [6.45, 7) is 5.88. The summed E-state index contributed by atoms with van der Waals surface area (Å²) in [5.74, 6) is 1.71. The summed E-state index contributed by atoms with van der Waals surface area (Å²) < 4.78 is 11.9. The number of carbonyl (C=O) groups is 1. The molecule has 3 fully saturated rings. The van der Waals surface area contributed by atoms with E-state index >= 15 is 0 Å². The van der Waals surface area contributed by atoms with E-state index in [1.54, 1.807) is 6.20 Å². The standard InChI is InChI=1S/C19H26N2O3/c1-14-9-17(14)18(22)21-12-19(13-21)16(5-8-24-19)4-7-23-11-15-3-2-6-20-10-15/h2-3,6,10,14,16-17H,4-5,7-9,11-13H2,1H3/t14-,16-,17+/m1/s1. The zero-order valence-electron chi connectivity index (χ0n) is 14.3. The van der Waals surface area contributed by atoms with Crippen molar-refractivity contribution in [3.63, 3.8) is 0 Å². The smallest absolute Gasteiger partial charge is 0.226 e. The molecule has 1 saturated carbocycles. The van der Waals surface area contributed by atoms with Crippen LogP contribution in [0.4, 0.5) is 0 Å². The third-order valence-electron chi connectivity index (χ3n) is 5.86. The van der Waals surface area contributed by atoms with Crippen molar-refractivity contribution in [3.05, 3.63) is 30.1 Å². The molecule has 0 aromatic carbocycles. The molecular weight excluding hydrogens is 304 g/mol. The summed E-state index contributed by atoms with van der Waals surface area (Å²) in [6.07, 6.45) is 6.76. The monoisotopic (exact) mass is 330 g/mol. The first-order chi connectivity index (χ1) is 11.7. The van der Waals surface area contributed by atoms with E-state index in [-0.39, 0.29) is 11.5 Å². The number of hydrogen-bond donors (Lipinski definition) is 0. The molecule has 3 heterocycles. The van der Waals surface area contributed by atoms with Gasteiger partial charge in [-0.05, 0) is 42.7 Å². The normalized spacial score (nSPS) is 30.4. The minimum absolute atomic E-state index is 0.0918. The predicted molar refractivity (Wildman–Crippen MR) is 89.2 cm³/mol. The van der Waals surface area contributed by atoms with Crippen LogP contribution in [0.15, 0.2) is 24.5 Å². The molecule has 0 N–H and O–H groups in total. The molecule has 1 aromatic heterocycles. The van der Waals surface area contributed by atoms with Crippen molar-refractivity contribution in [1.29, 1.82) is 0 Å². The maximum absolute atomic E-state index is 12.3. The number of rotatable bonds is 6. The third kappa shape index (κ3) is 3.07. The highest BCUT2D eigenvalue weighted by Gasteiger charge is 2.56. The Labute approximate surface area is 143 Å². The largest absolute Gasteiger partial charge is 0.377 e. The van der Waals surface area contributed by atoms with Crippen LogP contribution in [0.25, 0.3) is 0 Å². The number of hydrogen-bond acceptors (Lipinski definition) is 4. The highest BCUT2D eigenvalue weighted by molar-refractivity contribution is 5.82. The highest BCUT2D eigenvalue weighted by atomic mass is 16.5. The Hall–Kier alpha value is -1.46. The lowest BCUT2D eigenvalue weighted by atomic mass is 9.79. The van der Waals surface area contributed by atoms with Crippen molar-refractivity contribution < 1.29 is 14.3 Å². The number of pyridine rings is 1. The summed E-state index contributed by atoms with van der Waals surface area (Å²) in [6, 6.07) is 3.96. The van der Waals surface area contributed by atoms with Gasteiger partial charge in [0, 0.05) is 31.5 Å². The Morgan fingerprint density at radius 2 is 2.33 bits per heavy atom. The van der Waals surface area contributed by atoms with Crippen LogP contribution in [-0.4, -0.2) is 47.7 Å². The number of nitrogens with zero attached hydrogens (tertiary/aromatic N) is 2. The van der Waals surface area contributed by atoms with Crippen LogP contribution in [-0.2, 0) is 20.9 Å². The van der Waals surface area contributed by atoms with Crippen molar-refractivity contribution in [2.75, 3.05) is 26.3 Å². The van der Waals surface area contributed by atoms with Gasteiger partial charge in [-0.25, -0.2) is 0 Å². The van der Waals surface area contributed by atoms with Gasteiger partial charge in [0.2, 0.25) is 5.91 Å². The van der Waals surface area contributed by atoms with Gasteiger partial charge in [-0.1, -0.05) is 13.0 Å². The van der Waals surface area contributed by atoms with Gasteiger partial charge in [-0.15, -0.1) is 0 Å². The molecule has 3 aliphatic rings. The minimum atomic E-state index is -0.0918. The predicted octanol–water partition coefficient (Wildman–Crippen LogP) is 2.26. The van der Waals surface area contributed by atoms with E-state index in [1.807, 2.05) is 23.2 Å². The second-order valence-corrected chi connectivity index (χ2v) is 7.62. The number of carbonyl (C=O) groups excluding carboxylic acids is 1. The molecule has 3 atom stereocenters. The molecule has 5 nitrogen and oxygen atoms in total. The van der Waals surface area contributed by atoms with Crippen molar-refractivity contribution in [2.45, 2.75) is 38.4 Å². The lowest BCUT2D eigenvalue weighted by Crippen LogP contribution is -2.66. The summed E-state index contributed by atoms with van der Waals surface area (Å²) >= 11 is 0. The molecule has 0 bridgehead atoms. The van der Waals surface area contributed by atoms with E-state index in [9.17, 15) is 4.79 Å². The van der Waals surface area contributed by atoms with Crippen molar-refractivity contribution >= 4 is 5.91 Å². The van der Waals surface area contributed by atoms with Gasteiger partial charge in [-0.3, -0.25) is 9.78 Å². The van der Waals surface area contributed by atoms with Gasteiger partial charge < -0.3 is 14.4 Å². The maximum Gasteiger partial charge on any atom is 0.226 e. The first-order valence-corrected chi connectivity index (χ1v) is 9.07. The Morgan fingerprint density at radius 3 is 3.04 bits per heavy atom. The molecule has 2 aliphatic heterocycles. The molecule has 0 radical (unpaired) electrons. The lowest BCUT2D eigenvalue weighted by molar-refractivity contribution is -0.167. The number of aromatic nitrogens is 1. The molecule has 5 heteroatoms. The Morgan fingerprint density at radius 1 is 1.50 bits per heavy atom. The van der Waals surface area contributed by atoms with Crippen LogP contribution < -0.4 is 0 Å². The molecule has 1 aromatic rings. The van der Waals surface area contributed by atoms with Crippen molar-refractivity contribution in [1.82, 2.24) is 9.88 Å². The van der Waals surface area contributed by atoms with E-state index in [2.05, 4.69) is 11.9 Å². The summed E-state index contributed by atoms with van der Waals surface area (Å²) in [5.41, 5.74) is 1.01. The fraction of sp³-hybridized carbons (Fsp3) is 0.684. The fourth-order valence-electron chi connectivity index (χ4n) is 4.10. The summed E-state index contributed by atoms with van der Waals surface area (Å²) in [5, 5.41) is 0.